The van der Waals surface area contributed by atoms with Crippen LogP contribution < -0.4 is 10.1 Å². The molecule has 7 heteroatoms. The number of hydrogen-bond acceptors (Lipinski definition) is 5. The minimum atomic E-state index is -0.239. The molecule has 0 bridgehead atoms. The third-order valence-corrected chi connectivity index (χ3v) is 5.29. The molecule has 1 saturated heterocycles. The van der Waals surface area contributed by atoms with Gasteiger partial charge in [0.2, 0.25) is 0 Å². The second-order valence-corrected chi connectivity index (χ2v) is 8.02. The highest BCUT2D eigenvalue weighted by Gasteiger charge is 2.30. The van der Waals surface area contributed by atoms with Crippen LogP contribution in [-0.2, 0) is 14.3 Å². The number of benzene rings is 2. The summed E-state index contributed by atoms with van der Waals surface area (Å²) >= 11 is 0. The SMILES string of the molecule is CCOC(=O)C1CCN(C(=O)c2cc3ccccc3cc2OCC(=O)NC(C)C)CC1. The number of piperidine rings is 1. The molecule has 0 unspecified atom stereocenters. The van der Waals surface area contributed by atoms with Gasteiger partial charge in [-0.25, -0.2) is 0 Å². The summed E-state index contributed by atoms with van der Waals surface area (Å²) in [6.07, 6.45) is 1.15. The van der Waals surface area contributed by atoms with E-state index in [1.54, 1.807) is 17.9 Å². The van der Waals surface area contributed by atoms with Crippen molar-refractivity contribution in [1.82, 2.24) is 10.2 Å². The van der Waals surface area contributed by atoms with Gasteiger partial charge in [0.15, 0.2) is 6.61 Å². The zero-order chi connectivity index (χ0) is 22.4. The van der Waals surface area contributed by atoms with Gasteiger partial charge in [0, 0.05) is 19.1 Å². The number of esters is 1. The van der Waals surface area contributed by atoms with Gasteiger partial charge in [-0.05, 0) is 56.5 Å². The zero-order valence-corrected chi connectivity index (χ0v) is 18.3. The molecule has 1 aliphatic heterocycles. The molecule has 0 aromatic heterocycles. The molecule has 0 spiro atoms. The number of fused-ring (bicyclic) bond motifs is 1. The Morgan fingerprint density at radius 2 is 1.74 bits per heavy atom. The molecule has 3 rings (SSSR count). The smallest absolute Gasteiger partial charge is 0.309 e. The van der Waals surface area contributed by atoms with Crippen molar-refractivity contribution in [2.24, 2.45) is 5.92 Å². The second kappa shape index (κ2) is 10.3. The highest BCUT2D eigenvalue weighted by atomic mass is 16.5. The van der Waals surface area contributed by atoms with Crippen molar-refractivity contribution in [3.05, 3.63) is 42.0 Å². The lowest BCUT2D eigenvalue weighted by Crippen LogP contribution is -2.41. The third kappa shape index (κ3) is 5.75. The van der Waals surface area contributed by atoms with Crippen molar-refractivity contribution in [3.8, 4) is 5.75 Å². The van der Waals surface area contributed by atoms with E-state index in [1.807, 2.05) is 44.2 Å². The highest BCUT2D eigenvalue weighted by molar-refractivity contribution is 6.02. The third-order valence-electron chi connectivity index (χ3n) is 5.29. The van der Waals surface area contributed by atoms with Crippen molar-refractivity contribution in [2.75, 3.05) is 26.3 Å². The van der Waals surface area contributed by atoms with Crippen LogP contribution in [0.2, 0.25) is 0 Å². The molecule has 0 radical (unpaired) electrons. The number of hydrogen-bond donors (Lipinski definition) is 1. The standard InChI is InChI=1S/C24H30N2O5/c1-4-30-24(29)17-9-11-26(12-10-17)23(28)20-13-18-7-5-6-8-19(18)14-21(20)31-15-22(27)25-16(2)3/h5-8,13-14,16-17H,4,9-12,15H2,1-3H3,(H,25,27). The number of carbonyl (C=O) groups excluding carboxylic acids is 3. The summed E-state index contributed by atoms with van der Waals surface area (Å²) in [4.78, 5) is 39.1. The van der Waals surface area contributed by atoms with Gasteiger partial charge in [-0.3, -0.25) is 14.4 Å². The highest BCUT2D eigenvalue weighted by Crippen LogP contribution is 2.29. The number of ether oxygens (including phenoxy) is 2. The van der Waals surface area contributed by atoms with Crippen molar-refractivity contribution in [1.29, 1.82) is 0 Å². The van der Waals surface area contributed by atoms with Crippen molar-refractivity contribution in [2.45, 2.75) is 39.7 Å². The summed E-state index contributed by atoms with van der Waals surface area (Å²) in [7, 11) is 0. The molecule has 2 amide bonds. The van der Waals surface area contributed by atoms with E-state index >= 15 is 0 Å². The molecule has 1 fully saturated rings. The molecule has 1 heterocycles. The van der Waals surface area contributed by atoms with E-state index < -0.39 is 0 Å². The van der Waals surface area contributed by atoms with Gasteiger partial charge in [0.25, 0.3) is 11.8 Å². The fourth-order valence-electron chi connectivity index (χ4n) is 3.76. The first-order chi connectivity index (χ1) is 14.9. The Hall–Kier alpha value is -3.09. The lowest BCUT2D eigenvalue weighted by atomic mass is 9.96. The summed E-state index contributed by atoms with van der Waals surface area (Å²) in [6, 6.07) is 11.3. The van der Waals surface area contributed by atoms with E-state index in [1.165, 1.54) is 0 Å². The number of likely N-dealkylation sites (tertiary alicyclic amines) is 1. The Morgan fingerprint density at radius 1 is 1.10 bits per heavy atom. The van der Waals surface area contributed by atoms with E-state index in [0.29, 0.717) is 43.9 Å². The predicted octanol–water partition coefficient (Wildman–Crippen LogP) is 3.16. The molecule has 0 saturated carbocycles. The summed E-state index contributed by atoms with van der Waals surface area (Å²) in [5.74, 6) is -0.379. The molecule has 0 aliphatic carbocycles. The Balaban J connectivity index is 1.78. The maximum atomic E-state index is 13.3. The lowest BCUT2D eigenvalue weighted by Gasteiger charge is -2.31. The van der Waals surface area contributed by atoms with Crippen LogP contribution in [0.15, 0.2) is 36.4 Å². The average molecular weight is 427 g/mol. The Bertz CT molecular complexity index is 948. The lowest BCUT2D eigenvalue weighted by molar-refractivity contribution is -0.149. The zero-order valence-electron chi connectivity index (χ0n) is 18.3. The second-order valence-electron chi connectivity index (χ2n) is 8.02. The number of rotatable bonds is 7. The number of nitrogens with one attached hydrogen (secondary N) is 1. The van der Waals surface area contributed by atoms with Crippen molar-refractivity contribution < 1.29 is 23.9 Å². The van der Waals surface area contributed by atoms with E-state index in [-0.39, 0.29) is 36.4 Å². The predicted molar refractivity (Wildman–Crippen MR) is 118 cm³/mol. The van der Waals surface area contributed by atoms with Gasteiger partial charge in [0.05, 0.1) is 18.1 Å². The number of nitrogens with zero attached hydrogens (tertiary/aromatic N) is 1. The molecule has 7 nitrogen and oxygen atoms in total. The minimum Gasteiger partial charge on any atom is -0.483 e. The van der Waals surface area contributed by atoms with E-state index in [2.05, 4.69) is 5.32 Å². The van der Waals surface area contributed by atoms with Crippen LogP contribution in [0.25, 0.3) is 10.8 Å². The first kappa shape index (κ1) is 22.6. The molecule has 31 heavy (non-hydrogen) atoms. The van der Waals surface area contributed by atoms with E-state index in [0.717, 1.165) is 10.8 Å². The van der Waals surface area contributed by atoms with Gasteiger partial charge in [-0.1, -0.05) is 24.3 Å². The van der Waals surface area contributed by atoms with Crippen LogP contribution in [0.3, 0.4) is 0 Å². The largest absolute Gasteiger partial charge is 0.483 e. The first-order valence-corrected chi connectivity index (χ1v) is 10.8. The summed E-state index contributed by atoms with van der Waals surface area (Å²) < 4.78 is 10.9. The fraction of sp³-hybridized carbons (Fsp3) is 0.458. The number of carbonyl (C=O) groups is 3. The van der Waals surface area contributed by atoms with Gasteiger partial charge < -0.3 is 19.7 Å². The minimum absolute atomic E-state index is 0.00880. The van der Waals surface area contributed by atoms with E-state index in [4.69, 9.17) is 9.47 Å². The van der Waals surface area contributed by atoms with Gasteiger partial charge >= 0.3 is 5.97 Å². The summed E-state index contributed by atoms with van der Waals surface area (Å²) in [5, 5.41) is 4.64. The van der Waals surface area contributed by atoms with Crippen LogP contribution >= 0.6 is 0 Å². The fourth-order valence-corrected chi connectivity index (χ4v) is 3.76. The maximum Gasteiger partial charge on any atom is 0.309 e. The van der Waals surface area contributed by atoms with Crippen LogP contribution in [-0.4, -0.2) is 55.0 Å². The van der Waals surface area contributed by atoms with Crippen molar-refractivity contribution in [3.63, 3.8) is 0 Å². The molecule has 166 valence electrons. The number of amides is 2. The van der Waals surface area contributed by atoms with Crippen LogP contribution in [0.5, 0.6) is 5.75 Å². The summed E-state index contributed by atoms with van der Waals surface area (Å²) in [6.45, 7) is 6.69. The maximum absolute atomic E-state index is 13.3. The van der Waals surface area contributed by atoms with Gasteiger partial charge in [-0.15, -0.1) is 0 Å². The Kier molecular flexibility index (Phi) is 7.50. The first-order valence-electron chi connectivity index (χ1n) is 10.8. The monoisotopic (exact) mass is 426 g/mol. The molecule has 2 aromatic carbocycles. The molecule has 2 aromatic rings. The molecule has 1 N–H and O–H groups in total. The normalized spacial score (nSPS) is 14.5. The molecular weight excluding hydrogens is 396 g/mol. The molecular formula is C24H30N2O5. The molecule has 1 aliphatic rings. The topological polar surface area (TPSA) is 84.9 Å². The van der Waals surface area contributed by atoms with Crippen LogP contribution in [0.1, 0.15) is 44.0 Å². The summed E-state index contributed by atoms with van der Waals surface area (Å²) in [5.41, 5.74) is 0.422. The Labute approximate surface area is 182 Å². The van der Waals surface area contributed by atoms with Crippen molar-refractivity contribution >= 4 is 28.6 Å². The average Bonchev–Trinajstić information content (AvgIpc) is 2.76. The van der Waals surface area contributed by atoms with Gasteiger partial charge in [-0.2, -0.15) is 0 Å². The Morgan fingerprint density at radius 3 is 2.35 bits per heavy atom. The quantitative estimate of drug-likeness (QED) is 0.688. The van der Waals surface area contributed by atoms with Gasteiger partial charge in [0.1, 0.15) is 5.75 Å². The molecule has 0 atom stereocenters. The van der Waals surface area contributed by atoms with Crippen LogP contribution in [0, 0.1) is 5.92 Å². The van der Waals surface area contributed by atoms with Crippen LogP contribution in [0.4, 0.5) is 0 Å². The van der Waals surface area contributed by atoms with E-state index in [9.17, 15) is 14.4 Å².